The zero-order valence-electron chi connectivity index (χ0n) is 11.9. The Labute approximate surface area is 123 Å². The van der Waals surface area contributed by atoms with Crippen LogP contribution in [0, 0.1) is 11.8 Å². The van der Waals surface area contributed by atoms with E-state index in [1.807, 2.05) is 24.0 Å². The number of ether oxygens (including phenoxy) is 1. The third-order valence-electron chi connectivity index (χ3n) is 3.33. The highest BCUT2D eigenvalue weighted by molar-refractivity contribution is 7.14. The van der Waals surface area contributed by atoms with Crippen LogP contribution in [0.15, 0.2) is 12.1 Å². The number of hydrogen-bond acceptors (Lipinski definition) is 4. The Morgan fingerprint density at radius 3 is 3.10 bits per heavy atom. The van der Waals surface area contributed by atoms with Crippen LogP contribution in [0.25, 0.3) is 0 Å². The van der Waals surface area contributed by atoms with Crippen LogP contribution in [0.3, 0.4) is 0 Å². The van der Waals surface area contributed by atoms with Crippen molar-refractivity contribution >= 4 is 17.2 Å². The smallest absolute Gasteiger partial charge is 0.264 e. The van der Waals surface area contributed by atoms with Crippen molar-refractivity contribution in [3.63, 3.8) is 0 Å². The van der Waals surface area contributed by atoms with E-state index in [1.54, 1.807) is 0 Å². The van der Waals surface area contributed by atoms with E-state index in [4.69, 9.17) is 10.5 Å². The predicted octanol–water partition coefficient (Wildman–Crippen LogP) is 1.70. The van der Waals surface area contributed by atoms with E-state index in [2.05, 4.69) is 18.8 Å². The lowest BCUT2D eigenvalue weighted by Gasteiger charge is -2.38. The number of carbonyl (C=O) groups excluding carboxylic acids is 1. The molecule has 0 radical (unpaired) electrons. The van der Waals surface area contributed by atoms with Crippen molar-refractivity contribution in [1.82, 2.24) is 4.90 Å². The fourth-order valence-electron chi connectivity index (χ4n) is 2.23. The van der Waals surface area contributed by atoms with Gasteiger partial charge in [-0.05, 0) is 25.5 Å². The van der Waals surface area contributed by atoms with E-state index in [0.29, 0.717) is 19.7 Å². The molecule has 2 heterocycles. The Kier molecular flexibility index (Phi) is 5.18. The third-order valence-corrected chi connectivity index (χ3v) is 4.32. The number of carbonyl (C=O) groups is 1. The first-order valence-corrected chi connectivity index (χ1v) is 7.68. The molecule has 0 bridgehead atoms. The Hall–Kier alpha value is -1.35. The van der Waals surface area contributed by atoms with Gasteiger partial charge in [-0.3, -0.25) is 4.79 Å². The van der Waals surface area contributed by atoms with Crippen LogP contribution in [0.4, 0.5) is 0 Å². The molecule has 1 aliphatic rings. The highest BCUT2D eigenvalue weighted by Gasteiger charge is 2.30. The molecule has 4 nitrogen and oxygen atoms in total. The highest BCUT2D eigenvalue weighted by Crippen LogP contribution is 2.22. The molecule has 0 aromatic carbocycles. The molecule has 2 unspecified atom stereocenters. The van der Waals surface area contributed by atoms with Gasteiger partial charge in [0.25, 0.3) is 5.91 Å². The molecule has 2 N–H and O–H groups in total. The van der Waals surface area contributed by atoms with Crippen LogP contribution in [0.2, 0.25) is 0 Å². The average Bonchev–Trinajstić information content (AvgIpc) is 2.93. The number of amides is 1. The second-order valence-corrected chi connectivity index (χ2v) is 5.92. The van der Waals surface area contributed by atoms with Crippen molar-refractivity contribution in [2.75, 3.05) is 19.7 Å². The highest BCUT2D eigenvalue weighted by atomic mass is 32.1. The van der Waals surface area contributed by atoms with Crippen molar-refractivity contribution in [2.45, 2.75) is 32.4 Å². The third kappa shape index (κ3) is 3.40. The summed E-state index contributed by atoms with van der Waals surface area (Å²) in [5.41, 5.74) is 5.35. The summed E-state index contributed by atoms with van der Waals surface area (Å²) in [6.07, 6.45) is 1.00. The van der Waals surface area contributed by atoms with Gasteiger partial charge in [-0.25, -0.2) is 0 Å². The first-order valence-electron chi connectivity index (χ1n) is 6.87. The molecule has 108 valence electrons. The quantitative estimate of drug-likeness (QED) is 0.844. The molecule has 1 amide bonds. The predicted molar refractivity (Wildman–Crippen MR) is 80.8 cm³/mol. The van der Waals surface area contributed by atoms with Crippen molar-refractivity contribution in [2.24, 2.45) is 5.73 Å². The van der Waals surface area contributed by atoms with Crippen molar-refractivity contribution < 1.29 is 9.53 Å². The fourth-order valence-corrected chi connectivity index (χ4v) is 3.07. The van der Waals surface area contributed by atoms with E-state index >= 15 is 0 Å². The summed E-state index contributed by atoms with van der Waals surface area (Å²) in [5, 5.41) is 0. The molecule has 1 aliphatic heterocycles. The maximum absolute atomic E-state index is 12.6. The van der Waals surface area contributed by atoms with E-state index in [9.17, 15) is 4.79 Å². The summed E-state index contributed by atoms with van der Waals surface area (Å²) < 4.78 is 5.63. The van der Waals surface area contributed by atoms with Crippen LogP contribution < -0.4 is 5.73 Å². The van der Waals surface area contributed by atoms with Crippen molar-refractivity contribution in [1.29, 1.82) is 0 Å². The Morgan fingerprint density at radius 1 is 1.60 bits per heavy atom. The second-order valence-electron chi connectivity index (χ2n) is 4.83. The standard InChI is InChI=1S/C15H20N2O2S/c1-3-12-10-19-11(2)9-17(12)15(18)14-7-6-13(20-14)5-4-8-16/h6-7,11-12H,3,8-10,16H2,1-2H3. The van der Waals surface area contributed by atoms with Crippen LogP contribution in [-0.2, 0) is 4.74 Å². The molecule has 20 heavy (non-hydrogen) atoms. The normalized spacial score (nSPS) is 22.2. The first kappa shape index (κ1) is 15.0. The Balaban J connectivity index is 2.14. The number of rotatable bonds is 2. The average molecular weight is 292 g/mol. The molecular weight excluding hydrogens is 272 g/mol. The maximum Gasteiger partial charge on any atom is 0.264 e. The van der Waals surface area contributed by atoms with Gasteiger partial charge >= 0.3 is 0 Å². The molecule has 1 aromatic rings. The minimum atomic E-state index is 0.0813. The number of nitrogens with two attached hydrogens (primary N) is 1. The second kappa shape index (κ2) is 6.89. The van der Waals surface area contributed by atoms with Crippen LogP contribution in [0.5, 0.6) is 0 Å². The fraction of sp³-hybridized carbons (Fsp3) is 0.533. The van der Waals surface area contributed by atoms with Gasteiger partial charge in [0.1, 0.15) is 0 Å². The number of morpholine rings is 1. The molecule has 0 saturated carbocycles. The van der Waals surface area contributed by atoms with Gasteiger partial charge in [0, 0.05) is 6.54 Å². The zero-order chi connectivity index (χ0) is 14.5. The molecule has 0 aliphatic carbocycles. The van der Waals surface area contributed by atoms with Gasteiger partial charge < -0.3 is 15.4 Å². The minimum absolute atomic E-state index is 0.0813. The van der Waals surface area contributed by atoms with Gasteiger partial charge in [0.05, 0.1) is 35.1 Å². The topological polar surface area (TPSA) is 55.6 Å². The summed E-state index contributed by atoms with van der Waals surface area (Å²) in [6, 6.07) is 3.89. The maximum atomic E-state index is 12.6. The lowest BCUT2D eigenvalue weighted by molar-refractivity contribution is -0.0442. The Morgan fingerprint density at radius 2 is 2.40 bits per heavy atom. The van der Waals surface area contributed by atoms with Gasteiger partial charge in [0.2, 0.25) is 0 Å². The van der Waals surface area contributed by atoms with Gasteiger partial charge in [0.15, 0.2) is 0 Å². The molecule has 1 fully saturated rings. The summed E-state index contributed by atoms with van der Waals surface area (Å²) in [4.78, 5) is 16.2. The van der Waals surface area contributed by atoms with Crippen molar-refractivity contribution in [3.05, 3.63) is 21.9 Å². The monoisotopic (exact) mass is 292 g/mol. The number of thiophene rings is 1. The molecule has 1 saturated heterocycles. The van der Waals surface area contributed by atoms with E-state index in [1.165, 1.54) is 11.3 Å². The van der Waals surface area contributed by atoms with Crippen LogP contribution in [0.1, 0.15) is 34.8 Å². The molecule has 0 spiro atoms. The molecule has 1 aromatic heterocycles. The first-order chi connectivity index (χ1) is 9.65. The van der Waals surface area contributed by atoms with Crippen LogP contribution in [-0.4, -0.2) is 42.6 Å². The van der Waals surface area contributed by atoms with E-state index in [-0.39, 0.29) is 18.1 Å². The molecule has 2 rings (SSSR count). The van der Waals surface area contributed by atoms with Crippen LogP contribution >= 0.6 is 11.3 Å². The van der Waals surface area contributed by atoms with Gasteiger partial charge in [-0.1, -0.05) is 18.8 Å². The molecular formula is C15H20N2O2S. The van der Waals surface area contributed by atoms with Gasteiger partial charge in [-0.15, -0.1) is 11.3 Å². The summed E-state index contributed by atoms with van der Waals surface area (Å²) >= 11 is 1.43. The lowest BCUT2D eigenvalue weighted by Crippen LogP contribution is -2.51. The summed E-state index contributed by atoms with van der Waals surface area (Å²) in [5.74, 6) is 5.85. The largest absolute Gasteiger partial charge is 0.375 e. The summed E-state index contributed by atoms with van der Waals surface area (Å²) in [6.45, 7) is 5.68. The Bertz CT molecular complexity index is 529. The van der Waals surface area contributed by atoms with Crippen molar-refractivity contribution in [3.8, 4) is 11.8 Å². The van der Waals surface area contributed by atoms with Gasteiger partial charge in [-0.2, -0.15) is 0 Å². The summed E-state index contributed by atoms with van der Waals surface area (Å²) in [7, 11) is 0. The lowest BCUT2D eigenvalue weighted by atomic mass is 10.1. The minimum Gasteiger partial charge on any atom is -0.375 e. The van der Waals surface area contributed by atoms with E-state index in [0.717, 1.165) is 16.2 Å². The zero-order valence-corrected chi connectivity index (χ0v) is 12.7. The number of hydrogen-bond donors (Lipinski definition) is 1. The molecule has 2 atom stereocenters. The SMILES string of the molecule is CCC1COC(C)CN1C(=O)c1ccc(C#CCN)s1. The van der Waals surface area contributed by atoms with E-state index < -0.39 is 0 Å². The number of nitrogens with zero attached hydrogens (tertiary/aromatic N) is 1. The molecule has 5 heteroatoms.